The molecule has 0 fully saturated rings. The third kappa shape index (κ3) is 4.40. The molecule has 2 N–H and O–H groups in total. The third-order valence-electron chi connectivity index (χ3n) is 2.52. The summed E-state index contributed by atoms with van der Waals surface area (Å²) < 4.78 is 22.9. The van der Waals surface area contributed by atoms with Crippen molar-refractivity contribution in [1.82, 2.24) is 0 Å². The first-order valence-electron chi connectivity index (χ1n) is 5.69. The minimum absolute atomic E-state index is 0.0245. The van der Waals surface area contributed by atoms with E-state index in [0.29, 0.717) is 0 Å². The Morgan fingerprint density at radius 3 is 2.63 bits per heavy atom. The van der Waals surface area contributed by atoms with E-state index in [1.807, 2.05) is 0 Å². The normalized spacial score (nSPS) is 12.9. The number of aromatic hydroxyl groups is 1. The van der Waals surface area contributed by atoms with Gasteiger partial charge in [0.15, 0.2) is 9.84 Å². The van der Waals surface area contributed by atoms with Crippen molar-refractivity contribution in [1.29, 1.82) is 0 Å². The highest BCUT2D eigenvalue weighted by Crippen LogP contribution is 2.28. The van der Waals surface area contributed by atoms with Gasteiger partial charge in [0, 0.05) is 11.8 Å². The molecule has 0 heterocycles. The Balaban J connectivity index is 2.91. The number of nitro groups is 1. The van der Waals surface area contributed by atoms with Gasteiger partial charge < -0.3 is 10.4 Å². The van der Waals surface area contributed by atoms with Crippen molar-refractivity contribution in [3.05, 3.63) is 28.3 Å². The van der Waals surface area contributed by atoms with Gasteiger partial charge in [0.1, 0.15) is 11.4 Å². The van der Waals surface area contributed by atoms with Gasteiger partial charge in [-0.25, -0.2) is 8.42 Å². The maximum Gasteiger partial charge on any atom is 0.296 e. The van der Waals surface area contributed by atoms with Gasteiger partial charge >= 0.3 is 0 Å². The molecule has 0 aliphatic rings. The number of nitrogens with one attached hydrogen (secondary N) is 1. The first-order chi connectivity index (χ1) is 8.75. The molecule has 1 aromatic rings. The maximum absolute atomic E-state index is 11.5. The molecule has 8 heteroatoms. The van der Waals surface area contributed by atoms with E-state index in [1.165, 1.54) is 12.1 Å². The van der Waals surface area contributed by atoms with Crippen LogP contribution < -0.4 is 5.32 Å². The predicted molar refractivity (Wildman–Crippen MR) is 72.2 cm³/mol. The molecule has 0 radical (unpaired) electrons. The van der Waals surface area contributed by atoms with E-state index in [0.717, 1.165) is 6.07 Å². The van der Waals surface area contributed by atoms with E-state index in [1.54, 1.807) is 13.8 Å². The summed E-state index contributed by atoms with van der Waals surface area (Å²) in [7, 11) is -3.16. The monoisotopic (exact) mass is 288 g/mol. The molecule has 19 heavy (non-hydrogen) atoms. The molecule has 1 atom stereocenters. The maximum atomic E-state index is 11.5. The molecule has 0 aliphatic heterocycles. The molecule has 0 spiro atoms. The fourth-order valence-electron chi connectivity index (χ4n) is 1.60. The Kier molecular flexibility index (Phi) is 4.71. The first-order valence-corrected chi connectivity index (χ1v) is 7.51. The fourth-order valence-corrected chi connectivity index (χ4v) is 2.68. The van der Waals surface area contributed by atoms with E-state index in [4.69, 9.17) is 0 Å². The molecule has 0 aliphatic carbocycles. The van der Waals surface area contributed by atoms with Crippen molar-refractivity contribution in [2.24, 2.45) is 0 Å². The van der Waals surface area contributed by atoms with Gasteiger partial charge in [-0.2, -0.15) is 0 Å². The van der Waals surface area contributed by atoms with Crippen LogP contribution in [0, 0.1) is 10.1 Å². The van der Waals surface area contributed by atoms with Crippen LogP contribution in [-0.4, -0.2) is 36.0 Å². The Hall–Kier alpha value is -1.83. The van der Waals surface area contributed by atoms with Crippen molar-refractivity contribution < 1.29 is 18.4 Å². The lowest BCUT2D eigenvalue weighted by atomic mass is 10.2. The number of sulfone groups is 1. The minimum Gasteiger partial charge on any atom is -0.508 e. The summed E-state index contributed by atoms with van der Waals surface area (Å²) >= 11 is 0. The number of anilines is 1. The predicted octanol–water partition coefficient (Wildman–Crippen LogP) is 1.54. The molecule has 1 rings (SSSR count). The first kappa shape index (κ1) is 15.2. The standard InChI is InChI=1S/C11H16N2O5S/c1-3-19(17,18)7-8(2)12-10-5-4-9(14)6-11(10)13(15)16/h4-6,8,12,14H,3,7H2,1-2H3. The highest BCUT2D eigenvalue weighted by molar-refractivity contribution is 7.91. The molecule has 106 valence electrons. The molecule has 0 bridgehead atoms. The van der Waals surface area contributed by atoms with Crippen LogP contribution in [0.15, 0.2) is 18.2 Å². The Bertz CT molecular complexity index is 570. The van der Waals surface area contributed by atoms with Crippen LogP contribution in [0.1, 0.15) is 13.8 Å². The Labute approximate surface area is 111 Å². The summed E-state index contributed by atoms with van der Waals surface area (Å²) in [6, 6.07) is 3.20. The van der Waals surface area contributed by atoms with E-state index in [9.17, 15) is 23.6 Å². The number of phenols is 1. The lowest BCUT2D eigenvalue weighted by Gasteiger charge is -2.15. The van der Waals surface area contributed by atoms with Crippen molar-refractivity contribution in [3.8, 4) is 5.75 Å². The number of rotatable bonds is 6. The van der Waals surface area contributed by atoms with Crippen LogP contribution >= 0.6 is 0 Å². The molecular weight excluding hydrogens is 272 g/mol. The summed E-state index contributed by atoms with van der Waals surface area (Å²) in [4.78, 5) is 10.2. The van der Waals surface area contributed by atoms with Crippen LogP contribution in [0.5, 0.6) is 5.75 Å². The quantitative estimate of drug-likeness (QED) is 0.467. The molecule has 0 amide bonds. The van der Waals surface area contributed by atoms with Crippen LogP contribution in [0.2, 0.25) is 0 Å². The summed E-state index contributed by atoms with van der Waals surface area (Å²) in [5.74, 6) is -0.302. The number of nitrogens with zero attached hydrogens (tertiary/aromatic N) is 1. The summed E-state index contributed by atoms with van der Waals surface area (Å²) in [5, 5.41) is 22.8. The van der Waals surface area contributed by atoms with Crippen molar-refractivity contribution in [3.63, 3.8) is 0 Å². The zero-order valence-electron chi connectivity index (χ0n) is 10.7. The Morgan fingerprint density at radius 2 is 2.11 bits per heavy atom. The lowest BCUT2D eigenvalue weighted by molar-refractivity contribution is -0.384. The average Bonchev–Trinajstić information content (AvgIpc) is 2.30. The van der Waals surface area contributed by atoms with Gasteiger partial charge in [0.25, 0.3) is 5.69 Å². The number of hydrogen-bond donors (Lipinski definition) is 2. The zero-order valence-corrected chi connectivity index (χ0v) is 11.5. The minimum atomic E-state index is -3.16. The summed E-state index contributed by atoms with van der Waals surface area (Å²) in [6.45, 7) is 3.18. The van der Waals surface area contributed by atoms with Gasteiger partial charge in [0.05, 0.1) is 16.7 Å². The van der Waals surface area contributed by atoms with Crippen LogP contribution in [0.4, 0.5) is 11.4 Å². The van der Waals surface area contributed by atoms with E-state index < -0.39 is 20.8 Å². The average molecular weight is 288 g/mol. The van der Waals surface area contributed by atoms with Crippen molar-refractivity contribution >= 4 is 21.2 Å². The fraction of sp³-hybridized carbons (Fsp3) is 0.455. The SMILES string of the molecule is CCS(=O)(=O)CC(C)Nc1ccc(O)cc1[N+](=O)[O-]. The van der Waals surface area contributed by atoms with Crippen molar-refractivity contribution in [2.45, 2.75) is 19.9 Å². The highest BCUT2D eigenvalue weighted by Gasteiger charge is 2.19. The molecule has 7 nitrogen and oxygen atoms in total. The second kappa shape index (κ2) is 5.87. The van der Waals surface area contributed by atoms with E-state index >= 15 is 0 Å². The van der Waals surface area contributed by atoms with Crippen molar-refractivity contribution in [2.75, 3.05) is 16.8 Å². The largest absolute Gasteiger partial charge is 0.508 e. The number of nitro benzene ring substituents is 1. The van der Waals surface area contributed by atoms with Crippen LogP contribution in [-0.2, 0) is 9.84 Å². The molecule has 0 saturated carbocycles. The number of phenolic OH excluding ortho intramolecular Hbond substituents is 1. The van der Waals surface area contributed by atoms with Gasteiger partial charge in [-0.1, -0.05) is 6.92 Å². The second-order valence-electron chi connectivity index (χ2n) is 4.20. The molecule has 1 aromatic carbocycles. The zero-order chi connectivity index (χ0) is 14.6. The second-order valence-corrected chi connectivity index (χ2v) is 6.60. The highest BCUT2D eigenvalue weighted by atomic mass is 32.2. The van der Waals surface area contributed by atoms with E-state index in [-0.39, 0.29) is 28.6 Å². The van der Waals surface area contributed by atoms with Gasteiger partial charge in [-0.15, -0.1) is 0 Å². The van der Waals surface area contributed by atoms with Gasteiger partial charge in [0.2, 0.25) is 0 Å². The molecule has 1 unspecified atom stereocenters. The van der Waals surface area contributed by atoms with Gasteiger partial charge in [-0.05, 0) is 19.1 Å². The smallest absolute Gasteiger partial charge is 0.296 e. The summed E-state index contributed by atoms with van der Waals surface area (Å²) in [5.41, 5.74) is -0.109. The topological polar surface area (TPSA) is 110 Å². The van der Waals surface area contributed by atoms with E-state index in [2.05, 4.69) is 5.32 Å². The lowest BCUT2D eigenvalue weighted by Crippen LogP contribution is -2.27. The van der Waals surface area contributed by atoms with Crippen LogP contribution in [0.3, 0.4) is 0 Å². The molecule has 0 saturated heterocycles. The summed E-state index contributed by atoms with van der Waals surface area (Å²) in [6.07, 6.45) is 0. The third-order valence-corrected chi connectivity index (χ3v) is 4.41. The Morgan fingerprint density at radius 1 is 1.47 bits per heavy atom. The molecule has 0 aromatic heterocycles. The molecular formula is C11H16N2O5S. The number of benzene rings is 1. The van der Waals surface area contributed by atoms with Gasteiger partial charge in [-0.3, -0.25) is 10.1 Å². The van der Waals surface area contributed by atoms with Crippen LogP contribution in [0.25, 0.3) is 0 Å². The number of hydrogen-bond acceptors (Lipinski definition) is 6.